The Balaban J connectivity index is 1.66. The molecule has 0 saturated heterocycles. The molecule has 3 aromatic carbocycles. The van der Waals surface area contributed by atoms with Crippen LogP contribution in [0.25, 0.3) is 6.08 Å². The predicted molar refractivity (Wildman–Crippen MR) is 152 cm³/mol. The Morgan fingerprint density at radius 2 is 1.86 bits per heavy atom. The Labute approximate surface area is 228 Å². The third-order valence-electron chi connectivity index (χ3n) is 5.40. The van der Waals surface area contributed by atoms with Crippen molar-refractivity contribution in [2.75, 3.05) is 13.7 Å². The number of benzene rings is 3. The van der Waals surface area contributed by atoms with E-state index in [4.69, 9.17) is 14.2 Å². The molecule has 8 heteroatoms. The molecule has 3 aromatic rings. The summed E-state index contributed by atoms with van der Waals surface area (Å²) < 4.78 is 17.5. The number of halogens is 1. The van der Waals surface area contributed by atoms with Crippen LogP contribution in [0.5, 0.6) is 11.5 Å². The Morgan fingerprint density at radius 1 is 1.08 bits per heavy atom. The summed E-state index contributed by atoms with van der Waals surface area (Å²) in [5, 5.41) is 11.4. The third-order valence-corrected chi connectivity index (χ3v) is 7.11. The standard InChI is InChI=1S/C29H26BrNO5S/c1-4-35-29(33)26-27(32)25(37-28(26)31-21-11-6-5-7-12-21)15-20-14-23(34-3)24(16-22(20)30)36-17-19-10-8-9-18(2)13-19/h5-16,32H,4,17H2,1-3H3/b25-15-,31-28?. The highest BCUT2D eigenvalue weighted by atomic mass is 79.9. The normalized spacial score (nSPS) is 15.4. The fraction of sp³-hybridized carbons (Fsp3) is 0.172. The van der Waals surface area contributed by atoms with Gasteiger partial charge in [-0.3, -0.25) is 0 Å². The summed E-state index contributed by atoms with van der Waals surface area (Å²) >= 11 is 4.80. The molecule has 0 atom stereocenters. The van der Waals surface area contributed by atoms with Crippen molar-refractivity contribution in [3.8, 4) is 11.5 Å². The van der Waals surface area contributed by atoms with Crippen LogP contribution in [0.1, 0.15) is 23.6 Å². The van der Waals surface area contributed by atoms with E-state index in [-0.39, 0.29) is 17.9 Å². The first-order valence-electron chi connectivity index (χ1n) is 11.6. The van der Waals surface area contributed by atoms with Crippen LogP contribution in [-0.4, -0.2) is 29.8 Å². The van der Waals surface area contributed by atoms with Crippen molar-refractivity contribution in [2.45, 2.75) is 20.5 Å². The highest BCUT2D eigenvalue weighted by Gasteiger charge is 2.33. The van der Waals surface area contributed by atoms with Crippen LogP contribution >= 0.6 is 27.7 Å². The number of carbonyl (C=O) groups is 1. The zero-order chi connectivity index (χ0) is 26.4. The number of aliphatic imine (C=N–C) groups is 1. The van der Waals surface area contributed by atoms with E-state index in [0.717, 1.165) is 21.2 Å². The average Bonchev–Trinajstić information content (AvgIpc) is 3.19. The largest absolute Gasteiger partial charge is 0.506 e. The number of aliphatic hydroxyl groups excluding tert-OH is 1. The lowest BCUT2D eigenvalue weighted by Gasteiger charge is -2.13. The molecule has 6 nitrogen and oxygen atoms in total. The maximum absolute atomic E-state index is 12.7. The van der Waals surface area contributed by atoms with Crippen LogP contribution in [0.3, 0.4) is 0 Å². The van der Waals surface area contributed by atoms with Crippen LogP contribution in [0.15, 0.2) is 92.4 Å². The molecule has 1 aliphatic rings. The lowest BCUT2D eigenvalue weighted by Crippen LogP contribution is -2.12. The molecule has 1 N–H and O–H groups in total. The number of carbonyl (C=O) groups excluding carboxylic acids is 1. The van der Waals surface area contributed by atoms with Gasteiger partial charge in [-0.05, 0) is 55.3 Å². The summed E-state index contributed by atoms with van der Waals surface area (Å²) in [6.45, 7) is 4.34. The first-order chi connectivity index (χ1) is 17.9. The van der Waals surface area contributed by atoms with Gasteiger partial charge >= 0.3 is 5.97 Å². The molecular formula is C29H26BrNO5S. The minimum Gasteiger partial charge on any atom is -0.506 e. The molecule has 37 heavy (non-hydrogen) atoms. The number of methoxy groups -OCH3 is 1. The van der Waals surface area contributed by atoms with Gasteiger partial charge in [-0.2, -0.15) is 0 Å². The highest BCUT2D eigenvalue weighted by molar-refractivity contribution is 9.10. The van der Waals surface area contributed by atoms with Crippen molar-refractivity contribution in [1.29, 1.82) is 0 Å². The van der Waals surface area contributed by atoms with E-state index in [1.807, 2.05) is 67.6 Å². The predicted octanol–water partition coefficient (Wildman–Crippen LogP) is 7.54. The fourth-order valence-electron chi connectivity index (χ4n) is 3.65. The molecule has 0 aromatic heterocycles. The van der Waals surface area contributed by atoms with Gasteiger partial charge in [0.1, 0.15) is 23.0 Å². The van der Waals surface area contributed by atoms with E-state index in [0.29, 0.717) is 33.7 Å². The molecule has 0 fully saturated rings. The molecule has 1 heterocycles. The lowest BCUT2D eigenvalue weighted by molar-refractivity contribution is -0.138. The number of hydrogen-bond acceptors (Lipinski definition) is 7. The number of ether oxygens (including phenoxy) is 3. The Hall–Kier alpha value is -3.49. The highest BCUT2D eigenvalue weighted by Crippen LogP contribution is 2.42. The van der Waals surface area contributed by atoms with Crippen LogP contribution in [0, 0.1) is 6.92 Å². The van der Waals surface area contributed by atoms with Crippen molar-refractivity contribution in [1.82, 2.24) is 0 Å². The maximum atomic E-state index is 12.7. The Morgan fingerprint density at radius 3 is 2.57 bits per heavy atom. The molecule has 0 unspecified atom stereocenters. The van der Waals surface area contributed by atoms with Crippen LogP contribution in [-0.2, 0) is 16.1 Å². The van der Waals surface area contributed by atoms with E-state index in [1.54, 1.807) is 20.1 Å². The van der Waals surface area contributed by atoms with E-state index in [1.165, 1.54) is 11.8 Å². The van der Waals surface area contributed by atoms with Crippen molar-refractivity contribution in [3.05, 3.63) is 104 Å². The molecule has 0 radical (unpaired) electrons. The monoisotopic (exact) mass is 579 g/mol. The zero-order valence-corrected chi connectivity index (χ0v) is 23.1. The first-order valence-corrected chi connectivity index (χ1v) is 13.2. The van der Waals surface area contributed by atoms with E-state index < -0.39 is 5.97 Å². The Bertz CT molecular complexity index is 1400. The van der Waals surface area contributed by atoms with Gasteiger partial charge in [0.2, 0.25) is 0 Å². The van der Waals surface area contributed by atoms with Crippen molar-refractivity contribution >= 4 is 50.5 Å². The van der Waals surface area contributed by atoms with E-state index >= 15 is 0 Å². The van der Waals surface area contributed by atoms with Gasteiger partial charge < -0.3 is 19.3 Å². The van der Waals surface area contributed by atoms with Crippen LogP contribution < -0.4 is 9.47 Å². The SMILES string of the molecule is CCOC(=O)C1=C(O)/C(=C/c2cc(OC)c(OCc3cccc(C)c3)cc2Br)SC1=Nc1ccccc1. The summed E-state index contributed by atoms with van der Waals surface area (Å²) in [6, 6.07) is 21.0. The van der Waals surface area contributed by atoms with E-state index in [2.05, 4.69) is 27.0 Å². The average molecular weight is 581 g/mol. The van der Waals surface area contributed by atoms with Gasteiger partial charge in [0.25, 0.3) is 0 Å². The molecule has 0 saturated carbocycles. The number of para-hydroxylation sites is 1. The molecule has 0 spiro atoms. The number of aryl methyl sites for hydroxylation is 1. The minimum atomic E-state index is -0.623. The topological polar surface area (TPSA) is 77.4 Å². The molecule has 0 amide bonds. The van der Waals surface area contributed by atoms with E-state index in [9.17, 15) is 9.90 Å². The minimum absolute atomic E-state index is 0.0446. The number of hydrogen-bond donors (Lipinski definition) is 1. The fourth-order valence-corrected chi connectivity index (χ4v) is 5.11. The molecule has 0 bridgehead atoms. The molecule has 1 aliphatic heterocycles. The van der Waals surface area contributed by atoms with Crippen molar-refractivity contribution in [2.24, 2.45) is 4.99 Å². The number of rotatable bonds is 8. The number of thioether (sulfide) groups is 1. The molecule has 4 rings (SSSR count). The van der Waals surface area contributed by atoms with Gasteiger partial charge in [-0.15, -0.1) is 0 Å². The third kappa shape index (κ3) is 6.45. The summed E-state index contributed by atoms with van der Waals surface area (Å²) in [4.78, 5) is 17.7. The second kappa shape index (κ2) is 12.2. The quantitative estimate of drug-likeness (QED) is 0.278. The number of aliphatic hydroxyl groups is 1. The first kappa shape index (κ1) is 26.6. The second-order valence-electron chi connectivity index (χ2n) is 8.11. The van der Waals surface area contributed by atoms with Crippen LogP contribution in [0.2, 0.25) is 0 Å². The van der Waals surface area contributed by atoms with Gasteiger partial charge in [-0.1, -0.05) is 75.7 Å². The molecule has 190 valence electrons. The molecular weight excluding hydrogens is 554 g/mol. The van der Waals surface area contributed by atoms with Crippen LogP contribution in [0.4, 0.5) is 5.69 Å². The molecule has 0 aliphatic carbocycles. The zero-order valence-electron chi connectivity index (χ0n) is 20.7. The van der Waals surface area contributed by atoms with Gasteiger partial charge in [0.15, 0.2) is 11.5 Å². The Kier molecular flexibility index (Phi) is 8.74. The number of esters is 1. The van der Waals surface area contributed by atoms with Gasteiger partial charge in [0.05, 0.1) is 24.3 Å². The maximum Gasteiger partial charge on any atom is 0.344 e. The number of nitrogens with zero attached hydrogens (tertiary/aromatic N) is 1. The summed E-state index contributed by atoms with van der Waals surface area (Å²) in [5.41, 5.74) is 3.66. The summed E-state index contributed by atoms with van der Waals surface area (Å²) in [7, 11) is 1.57. The summed E-state index contributed by atoms with van der Waals surface area (Å²) in [6.07, 6.45) is 1.77. The summed E-state index contributed by atoms with van der Waals surface area (Å²) in [5.74, 6) is 0.319. The smallest absolute Gasteiger partial charge is 0.344 e. The second-order valence-corrected chi connectivity index (χ2v) is 9.99. The van der Waals surface area contributed by atoms with Gasteiger partial charge in [0, 0.05) is 4.47 Å². The van der Waals surface area contributed by atoms with Crippen molar-refractivity contribution in [3.63, 3.8) is 0 Å². The van der Waals surface area contributed by atoms with Crippen molar-refractivity contribution < 1.29 is 24.1 Å². The van der Waals surface area contributed by atoms with Gasteiger partial charge in [-0.25, -0.2) is 9.79 Å². The lowest BCUT2D eigenvalue weighted by atomic mass is 10.1.